The first-order valence-electron chi connectivity index (χ1n) is 10.7. The van der Waals surface area contributed by atoms with Crippen molar-refractivity contribution >= 4 is 6.08 Å². The molecule has 0 saturated carbocycles. The van der Waals surface area contributed by atoms with Gasteiger partial charge in [0.1, 0.15) is 6.61 Å². The number of hydrogen-bond donors (Lipinski definition) is 0. The number of ether oxygens (including phenoxy) is 2. The van der Waals surface area contributed by atoms with Gasteiger partial charge in [-0.3, -0.25) is 0 Å². The monoisotopic (exact) mass is 394 g/mol. The van der Waals surface area contributed by atoms with Crippen molar-refractivity contribution in [1.82, 2.24) is 9.97 Å². The molecule has 0 fully saturated rings. The fourth-order valence-corrected chi connectivity index (χ4v) is 2.91. The molecule has 0 radical (unpaired) electrons. The van der Waals surface area contributed by atoms with E-state index in [4.69, 9.17) is 9.47 Å². The molecule has 0 bridgehead atoms. The Morgan fingerprint density at radius 3 is 2.59 bits per heavy atom. The van der Waals surface area contributed by atoms with Gasteiger partial charge in [0.05, 0.1) is 24.2 Å². The molecule has 0 N–H and O–H groups in total. The van der Waals surface area contributed by atoms with E-state index in [-0.39, 0.29) is 0 Å². The summed E-state index contributed by atoms with van der Waals surface area (Å²) in [7, 11) is 0. The van der Waals surface area contributed by atoms with Crippen LogP contribution in [0.3, 0.4) is 0 Å². The number of nitrogens with zero attached hydrogens (tertiary/aromatic N) is 2. The highest BCUT2D eigenvalue weighted by molar-refractivity contribution is 5.61. The van der Waals surface area contributed by atoms with Gasteiger partial charge in [0.15, 0.2) is 0 Å². The lowest BCUT2D eigenvalue weighted by Crippen LogP contribution is -2.08. The first-order chi connectivity index (χ1) is 14.2. The van der Waals surface area contributed by atoms with Crippen LogP contribution in [0.1, 0.15) is 57.9 Å². The van der Waals surface area contributed by atoms with E-state index in [1.54, 1.807) is 18.5 Å². The second kappa shape index (κ2) is 13.7. The Hall–Kier alpha value is -2.46. The lowest BCUT2D eigenvalue weighted by atomic mass is 10.1. The minimum atomic E-state index is 0.356. The number of aromatic nitrogens is 2. The summed E-state index contributed by atoms with van der Waals surface area (Å²) in [4.78, 5) is 8.68. The van der Waals surface area contributed by atoms with Gasteiger partial charge in [-0.25, -0.2) is 9.97 Å². The first kappa shape index (κ1) is 22.8. The Balaban J connectivity index is 1.72. The van der Waals surface area contributed by atoms with Crippen molar-refractivity contribution in [3.63, 3.8) is 0 Å². The molecule has 1 atom stereocenters. The maximum atomic E-state index is 5.84. The molecule has 0 aliphatic rings. The van der Waals surface area contributed by atoms with Gasteiger partial charge in [0.25, 0.3) is 0 Å². The molecule has 1 heterocycles. The molecule has 0 amide bonds. The molecule has 4 heteroatoms. The van der Waals surface area contributed by atoms with E-state index < -0.39 is 0 Å². The van der Waals surface area contributed by atoms with E-state index in [1.165, 1.54) is 24.8 Å². The van der Waals surface area contributed by atoms with Gasteiger partial charge in [-0.05, 0) is 38.2 Å². The van der Waals surface area contributed by atoms with Crippen LogP contribution in [-0.4, -0.2) is 29.3 Å². The summed E-state index contributed by atoms with van der Waals surface area (Å²) in [5, 5.41) is 0. The summed E-state index contributed by atoms with van der Waals surface area (Å²) in [5.74, 6) is 0.508. The lowest BCUT2D eigenvalue weighted by molar-refractivity contribution is 0.0566. The average molecular weight is 395 g/mol. The van der Waals surface area contributed by atoms with Gasteiger partial charge < -0.3 is 9.47 Å². The summed E-state index contributed by atoms with van der Waals surface area (Å²) < 4.78 is 11.2. The second-order valence-electron chi connectivity index (χ2n) is 7.18. The maximum Gasteiger partial charge on any atom is 0.232 e. The predicted molar refractivity (Wildman–Crippen MR) is 121 cm³/mol. The molecular formula is C25H34N2O2. The van der Waals surface area contributed by atoms with Gasteiger partial charge in [0, 0.05) is 12.2 Å². The van der Waals surface area contributed by atoms with Crippen molar-refractivity contribution in [1.29, 1.82) is 0 Å². The zero-order chi connectivity index (χ0) is 20.7. The van der Waals surface area contributed by atoms with Crippen LogP contribution in [0.2, 0.25) is 0 Å². The van der Waals surface area contributed by atoms with Crippen molar-refractivity contribution < 1.29 is 9.47 Å². The number of benzene rings is 1. The molecular weight excluding hydrogens is 360 g/mol. The highest BCUT2D eigenvalue weighted by Crippen LogP contribution is 2.19. The van der Waals surface area contributed by atoms with Gasteiger partial charge in [-0.15, -0.1) is 0 Å². The minimum Gasteiger partial charge on any atom is -0.472 e. The molecule has 156 valence electrons. The van der Waals surface area contributed by atoms with Crippen LogP contribution in [-0.2, 0) is 4.74 Å². The quantitative estimate of drug-likeness (QED) is 0.271. The van der Waals surface area contributed by atoms with Crippen molar-refractivity contribution in [3.05, 3.63) is 61.0 Å². The third-order valence-corrected chi connectivity index (χ3v) is 4.63. The van der Waals surface area contributed by atoms with Gasteiger partial charge >= 0.3 is 0 Å². The molecule has 2 rings (SSSR count). The van der Waals surface area contributed by atoms with Gasteiger partial charge in [-0.2, -0.15) is 0 Å². The van der Waals surface area contributed by atoms with Gasteiger partial charge in [0.2, 0.25) is 5.88 Å². The third-order valence-electron chi connectivity index (χ3n) is 4.63. The van der Waals surface area contributed by atoms with E-state index in [1.807, 2.05) is 0 Å². The van der Waals surface area contributed by atoms with Crippen LogP contribution in [0.25, 0.3) is 17.3 Å². The van der Waals surface area contributed by atoms with Crippen molar-refractivity contribution in [3.8, 4) is 17.1 Å². The van der Waals surface area contributed by atoms with Crippen LogP contribution >= 0.6 is 0 Å². The Labute approximate surface area is 175 Å². The Morgan fingerprint density at radius 2 is 1.90 bits per heavy atom. The van der Waals surface area contributed by atoms with Crippen LogP contribution in [0.5, 0.6) is 5.88 Å². The van der Waals surface area contributed by atoms with Crippen LogP contribution in [0.4, 0.5) is 0 Å². The fourth-order valence-electron chi connectivity index (χ4n) is 2.91. The summed E-state index contributed by atoms with van der Waals surface area (Å²) in [6.45, 7) is 9.34. The summed E-state index contributed by atoms with van der Waals surface area (Å²) in [5.41, 5.74) is 3.06. The average Bonchev–Trinajstić information content (AvgIpc) is 2.76. The van der Waals surface area contributed by atoms with Crippen LogP contribution in [0, 0.1) is 0 Å². The van der Waals surface area contributed by atoms with E-state index in [9.17, 15) is 0 Å². The molecule has 1 unspecified atom stereocenters. The molecule has 0 saturated heterocycles. The molecule has 4 nitrogen and oxygen atoms in total. The van der Waals surface area contributed by atoms with Crippen LogP contribution in [0.15, 0.2) is 55.4 Å². The van der Waals surface area contributed by atoms with Crippen LogP contribution < -0.4 is 4.74 Å². The van der Waals surface area contributed by atoms with Crippen molar-refractivity contribution in [2.75, 3.05) is 13.2 Å². The summed E-state index contributed by atoms with van der Waals surface area (Å²) >= 11 is 0. The summed E-state index contributed by atoms with van der Waals surface area (Å²) in [6, 6.07) is 8.35. The summed E-state index contributed by atoms with van der Waals surface area (Å²) in [6.07, 6.45) is 16.8. The lowest BCUT2D eigenvalue weighted by Gasteiger charge is -2.11. The van der Waals surface area contributed by atoms with Gasteiger partial charge in [-0.1, -0.05) is 68.8 Å². The predicted octanol–water partition coefficient (Wildman–Crippen LogP) is 6.49. The Kier molecular flexibility index (Phi) is 10.8. The number of rotatable bonds is 14. The van der Waals surface area contributed by atoms with Crippen molar-refractivity contribution in [2.24, 2.45) is 0 Å². The number of unbranched alkanes of at least 4 members (excludes halogenated alkanes) is 3. The molecule has 0 spiro atoms. The zero-order valence-corrected chi connectivity index (χ0v) is 17.8. The smallest absolute Gasteiger partial charge is 0.232 e. The Morgan fingerprint density at radius 1 is 1.07 bits per heavy atom. The molecule has 2 aromatic rings. The zero-order valence-electron chi connectivity index (χ0n) is 17.8. The second-order valence-corrected chi connectivity index (χ2v) is 7.18. The SMILES string of the molecule is C=CCOc1cnc(-c2ccc(C=CCCCC(C)OCCCCC)cc2)cn1. The van der Waals surface area contributed by atoms with E-state index >= 15 is 0 Å². The normalized spacial score (nSPS) is 12.2. The molecule has 1 aromatic carbocycles. The standard InChI is InChI=1S/C25H34N2O2/c1-4-6-10-18-28-21(3)11-8-7-9-12-22-13-15-23(16-14-22)24-19-27-25(20-26-24)29-17-5-2/h5,9,12-16,19-21H,2,4,6-8,10-11,17-18H2,1,3H3. The topological polar surface area (TPSA) is 44.2 Å². The highest BCUT2D eigenvalue weighted by atomic mass is 16.5. The largest absolute Gasteiger partial charge is 0.472 e. The maximum absolute atomic E-state index is 5.84. The fraction of sp³-hybridized carbons (Fsp3) is 0.440. The molecule has 0 aliphatic heterocycles. The minimum absolute atomic E-state index is 0.356. The van der Waals surface area contributed by atoms with Crippen molar-refractivity contribution in [2.45, 2.75) is 58.5 Å². The van der Waals surface area contributed by atoms with E-state index in [0.29, 0.717) is 18.6 Å². The molecule has 29 heavy (non-hydrogen) atoms. The molecule has 1 aromatic heterocycles. The first-order valence-corrected chi connectivity index (χ1v) is 10.7. The number of hydrogen-bond acceptors (Lipinski definition) is 4. The molecule has 0 aliphatic carbocycles. The Bertz CT molecular complexity index is 723. The van der Waals surface area contributed by atoms with E-state index in [0.717, 1.165) is 37.1 Å². The van der Waals surface area contributed by atoms with E-state index in [2.05, 4.69) is 66.8 Å². The number of allylic oxidation sites excluding steroid dienone is 1. The highest BCUT2D eigenvalue weighted by Gasteiger charge is 2.02. The third kappa shape index (κ3) is 9.05.